The van der Waals surface area contributed by atoms with E-state index in [9.17, 15) is 4.79 Å². The molecule has 0 bridgehead atoms. The molecule has 0 aromatic heterocycles. The first-order valence-electron chi connectivity index (χ1n) is 6.96. The van der Waals surface area contributed by atoms with Gasteiger partial charge in [0.1, 0.15) is 0 Å². The second-order valence-electron chi connectivity index (χ2n) is 5.53. The maximum absolute atomic E-state index is 12.2. The molecule has 3 nitrogen and oxygen atoms in total. The number of amides is 1. The maximum Gasteiger partial charge on any atom is 0.237 e. The Morgan fingerprint density at radius 2 is 1.80 bits per heavy atom. The normalized spacial score (nSPS) is 13.9. The average molecular weight is 295 g/mol. The minimum Gasteiger partial charge on any atom is -0.396 e. The summed E-state index contributed by atoms with van der Waals surface area (Å²) in [6, 6.07) is 4.16. The van der Waals surface area contributed by atoms with Crippen molar-refractivity contribution in [3.63, 3.8) is 0 Å². The van der Waals surface area contributed by atoms with Crippen LogP contribution in [0, 0.1) is 26.7 Å². The molecule has 4 heteroatoms. The fraction of sp³-hybridized carbons (Fsp3) is 0.562. The highest BCUT2D eigenvalue weighted by atomic mass is 32.2. The molecular weight excluding hydrogens is 270 g/mol. The van der Waals surface area contributed by atoms with Gasteiger partial charge in [0, 0.05) is 12.3 Å². The van der Waals surface area contributed by atoms with Crippen LogP contribution in [0.5, 0.6) is 0 Å². The summed E-state index contributed by atoms with van der Waals surface area (Å²) in [5.74, 6) is 1.03. The van der Waals surface area contributed by atoms with Gasteiger partial charge in [0.15, 0.2) is 0 Å². The van der Waals surface area contributed by atoms with Crippen molar-refractivity contribution in [2.45, 2.75) is 39.9 Å². The third-order valence-electron chi connectivity index (χ3n) is 3.24. The van der Waals surface area contributed by atoms with Crippen LogP contribution in [0.25, 0.3) is 0 Å². The van der Waals surface area contributed by atoms with E-state index in [1.54, 1.807) is 11.8 Å². The molecule has 0 saturated carbocycles. The van der Waals surface area contributed by atoms with E-state index in [1.165, 1.54) is 5.56 Å². The molecule has 0 spiro atoms. The lowest BCUT2D eigenvalue weighted by Crippen LogP contribution is -2.24. The fourth-order valence-corrected chi connectivity index (χ4v) is 2.97. The number of benzene rings is 1. The van der Waals surface area contributed by atoms with Gasteiger partial charge < -0.3 is 10.4 Å². The van der Waals surface area contributed by atoms with Gasteiger partial charge in [0.25, 0.3) is 0 Å². The molecular formula is C16H25NO2S. The summed E-state index contributed by atoms with van der Waals surface area (Å²) in [4.78, 5) is 12.2. The van der Waals surface area contributed by atoms with Crippen LogP contribution in [0.1, 0.15) is 30.5 Å². The van der Waals surface area contributed by atoms with Crippen LogP contribution in [0.15, 0.2) is 12.1 Å². The zero-order valence-electron chi connectivity index (χ0n) is 13.0. The Labute approximate surface area is 126 Å². The van der Waals surface area contributed by atoms with Gasteiger partial charge in [-0.05, 0) is 50.5 Å². The largest absolute Gasteiger partial charge is 0.396 e. The molecule has 0 aliphatic heterocycles. The number of hydrogen-bond acceptors (Lipinski definition) is 3. The molecule has 2 atom stereocenters. The lowest BCUT2D eigenvalue weighted by Gasteiger charge is -2.17. The summed E-state index contributed by atoms with van der Waals surface area (Å²) >= 11 is 1.58. The molecule has 0 heterocycles. The Kier molecular flexibility index (Phi) is 6.56. The van der Waals surface area contributed by atoms with Crippen LogP contribution in [0.3, 0.4) is 0 Å². The number of thioether (sulfide) groups is 1. The van der Waals surface area contributed by atoms with E-state index in [0.29, 0.717) is 0 Å². The third kappa shape index (κ3) is 4.84. The van der Waals surface area contributed by atoms with Crippen LogP contribution in [-0.2, 0) is 4.79 Å². The Bertz CT molecular complexity index is 451. The van der Waals surface area contributed by atoms with Crippen molar-refractivity contribution in [3.05, 3.63) is 28.8 Å². The van der Waals surface area contributed by atoms with E-state index in [0.717, 1.165) is 22.6 Å². The first-order chi connectivity index (χ1) is 9.35. The van der Waals surface area contributed by atoms with Gasteiger partial charge in [-0.2, -0.15) is 0 Å². The second-order valence-corrected chi connectivity index (χ2v) is 6.90. The van der Waals surface area contributed by atoms with E-state index in [1.807, 2.05) is 27.7 Å². The Hall–Kier alpha value is -1.00. The van der Waals surface area contributed by atoms with E-state index < -0.39 is 0 Å². The van der Waals surface area contributed by atoms with Gasteiger partial charge in [-0.3, -0.25) is 4.79 Å². The predicted molar refractivity (Wildman–Crippen MR) is 87.5 cm³/mol. The summed E-state index contributed by atoms with van der Waals surface area (Å²) in [5.41, 5.74) is 4.31. The smallest absolute Gasteiger partial charge is 0.237 e. The number of nitrogens with one attached hydrogen (secondary N) is 1. The highest BCUT2D eigenvalue weighted by Crippen LogP contribution is 2.23. The number of anilines is 1. The Balaban J connectivity index is 2.66. The van der Waals surface area contributed by atoms with Crippen molar-refractivity contribution in [3.8, 4) is 0 Å². The standard InChI is InChI=1S/C16H25NO2S/c1-10-6-12(3)15(13(4)7-10)17-16(19)14(5)20-9-11(2)8-18/h6-7,11,14,18H,8-9H2,1-5H3,(H,17,19). The van der Waals surface area contributed by atoms with Crippen molar-refractivity contribution >= 4 is 23.4 Å². The first kappa shape index (κ1) is 17.1. The lowest BCUT2D eigenvalue weighted by atomic mass is 10.1. The van der Waals surface area contributed by atoms with E-state index >= 15 is 0 Å². The zero-order chi connectivity index (χ0) is 15.3. The first-order valence-corrected chi connectivity index (χ1v) is 8.01. The number of aliphatic hydroxyl groups excluding tert-OH is 1. The van der Waals surface area contributed by atoms with Crippen LogP contribution in [-0.4, -0.2) is 28.6 Å². The van der Waals surface area contributed by atoms with Gasteiger partial charge in [0.2, 0.25) is 5.91 Å². The van der Waals surface area contributed by atoms with Crippen LogP contribution in [0.4, 0.5) is 5.69 Å². The van der Waals surface area contributed by atoms with E-state index in [-0.39, 0.29) is 23.7 Å². The molecule has 0 fully saturated rings. The molecule has 0 aliphatic rings. The number of aliphatic hydroxyl groups is 1. The van der Waals surface area contributed by atoms with Gasteiger partial charge >= 0.3 is 0 Å². The summed E-state index contributed by atoms with van der Waals surface area (Å²) in [6.07, 6.45) is 0. The molecule has 0 radical (unpaired) electrons. The van der Waals surface area contributed by atoms with Crippen LogP contribution in [0.2, 0.25) is 0 Å². The molecule has 2 N–H and O–H groups in total. The molecule has 1 aromatic carbocycles. The molecule has 0 aliphatic carbocycles. The highest BCUT2D eigenvalue weighted by molar-refractivity contribution is 8.00. The van der Waals surface area contributed by atoms with Gasteiger partial charge in [0.05, 0.1) is 5.25 Å². The summed E-state index contributed by atoms with van der Waals surface area (Å²) in [5, 5.41) is 11.9. The zero-order valence-corrected chi connectivity index (χ0v) is 13.8. The third-order valence-corrected chi connectivity index (χ3v) is 4.71. The Morgan fingerprint density at radius 1 is 1.25 bits per heavy atom. The minimum atomic E-state index is -0.121. The molecule has 1 aromatic rings. The maximum atomic E-state index is 12.2. The van der Waals surface area contributed by atoms with Crippen molar-refractivity contribution in [2.75, 3.05) is 17.7 Å². The summed E-state index contributed by atoms with van der Waals surface area (Å²) < 4.78 is 0. The number of carbonyl (C=O) groups excluding carboxylic acids is 1. The quantitative estimate of drug-likeness (QED) is 0.846. The highest BCUT2D eigenvalue weighted by Gasteiger charge is 2.16. The van der Waals surface area contributed by atoms with Crippen molar-refractivity contribution < 1.29 is 9.90 Å². The molecule has 0 saturated heterocycles. The molecule has 20 heavy (non-hydrogen) atoms. The van der Waals surface area contributed by atoms with Crippen molar-refractivity contribution in [1.29, 1.82) is 0 Å². The predicted octanol–water partition coefficient (Wildman–Crippen LogP) is 3.30. The molecule has 1 rings (SSSR count). The summed E-state index contributed by atoms with van der Waals surface area (Å²) in [7, 11) is 0. The summed E-state index contributed by atoms with van der Waals surface area (Å²) in [6.45, 7) is 10.1. The van der Waals surface area contributed by atoms with E-state index in [2.05, 4.69) is 24.4 Å². The van der Waals surface area contributed by atoms with Gasteiger partial charge in [-0.1, -0.05) is 24.6 Å². The van der Waals surface area contributed by atoms with Gasteiger partial charge in [-0.15, -0.1) is 11.8 Å². The minimum absolute atomic E-state index is 0.0233. The van der Waals surface area contributed by atoms with Crippen molar-refractivity contribution in [1.82, 2.24) is 0 Å². The fourth-order valence-electron chi connectivity index (χ4n) is 2.04. The lowest BCUT2D eigenvalue weighted by molar-refractivity contribution is -0.115. The molecule has 112 valence electrons. The number of carbonyl (C=O) groups is 1. The monoisotopic (exact) mass is 295 g/mol. The van der Waals surface area contributed by atoms with Crippen LogP contribution < -0.4 is 5.32 Å². The number of rotatable bonds is 6. The second kappa shape index (κ2) is 7.70. The SMILES string of the molecule is Cc1cc(C)c(NC(=O)C(C)SCC(C)CO)c(C)c1. The van der Waals surface area contributed by atoms with Crippen LogP contribution >= 0.6 is 11.8 Å². The number of hydrogen-bond donors (Lipinski definition) is 2. The number of aryl methyl sites for hydroxylation is 3. The van der Waals surface area contributed by atoms with E-state index in [4.69, 9.17) is 5.11 Å². The topological polar surface area (TPSA) is 49.3 Å². The molecule has 1 amide bonds. The average Bonchev–Trinajstić information content (AvgIpc) is 2.39. The molecule has 2 unspecified atom stereocenters. The van der Waals surface area contributed by atoms with Gasteiger partial charge in [-0.25, -0.2) is 0 Å². The van der Waals surface area contributed by atoms with Crippen molar-refractivity contribution in [2.24, 2.45) is 5.92 Å². The Morgan fingerprint density at radius 3 is 2.30 bits per heavy atom.